The summed E-state index contributed by atoms with van der Waals surface area (Å²) in [6.07, 6.45) is -3.83. The number of nitriles is 2. The Kier molecular flexibility index (Phi) is 8.49. The van der Waals surface area contributed by atoms with Gasteiger partial charge in [0, 0.05) is 30.4 Å². The highest BCUT2D eigenvalue weighted by Gasteiger charge is 2.33. The number of carbonyl (C=O) groups excluding carboxylic acids is 1. The van der Waals surface area contributed by atoms with E-state index in [9.17, 15) is 33.3 Å². The lowest BCUT2D eigenvalue weighted by molar-refractivity contribution is -0.141. The first-order valence-electron chi connectivity index (χ1n) is 11.8. The van der Waals surface area contributed by atoms with Crippen molar-refractivity contribution >= 4 is 23.2 Å². The Bertz CT molecular complexity index is 1810. The van der Waals surface area contributed by atoms with Crippen molar-refractivity contribution in [1.29, 1.82) is 10.5 Å². The minimum Gasteiger partial charge on any atom is -0.496 e. The first-order valence-corrected chi connectivity index (χ1v) is 12.2. The highest BCUT2D eigenvalue weighted by molar-refractivity contribution is 6.34. The molecule has 1 amide bonds. The molecule has 42 heavy (non-hydrogen) atoms. The van der Waals surface area contributed by atoms with Crippen molar-refractivity contribution in [2.45, 2.75) is 12.6 Å². The lowest BCUT2D eigenvalue weighted by Gasteiger charge is -2.23. The van der Waals surface area contributed by atoms with Gasteiger partial charge in [0.25, 0.3) is 5.91 Å². The number of alkyl halides is 3. The second-order valence-electron chi connectivity index (χ2n) is 8.49. The van der Waals surface area contributed by atoms with Gasteiger partial charge in [-0.25, -0.2) is 9.89 Å². The monoisotopic (exact) mass is 598 g/mol. The van der Waals surface area contributed by atoms with Gasteiger partial charge in [0.05, 0.1) is 47.9 Å². The van der Waals surface area contributed by atoms with Gasteiger partial charge in [-0.3, -0.25) is 9.78 Å². The van der Waals surface area contributed by atoms with Gasteiger partial charge in [-0.05, 0) is 24.3 Å². The third kappa shape index (κ3) is 6.04. The Hall–Kier alpha value is -5.34. The number of hydrogen-bond donors (Lipinski definition) is 1. The average Bonchev–Trinajstić information content (AvgIpc) is 3.39. The predicted molar refractivity (Wildman–Crippen MR) is 141 cm³/mol. The van der Waals surface area contributed by atoms with Gasteiger partial charge in [0.2, 0.25) is 5.89 Å². The van der Waals surface area contributed by atoms with Crippen molar-refractivity contribution in [3.8, 4) is 34.8 Å². The molecule has 0 saturated carbocycles. The Morgan fingerprint density at radius 2 is 1.88 bits per heavy atom. The molecule has 0 bridgehead atoms. The van der Waals surface area contributed by atoms with Crippen LogP contribution in [0.15, 0.2) is 51.8 Å². The maximum Gasteiger partial charge on any atom is 0.434 e. The number of benzene rings is 2. The minimum absolute atomic E-state index is 0.0180. The van der Waals surface area contributed by atoms with E-state index >= 15 is 0 Å². The van der Waals surface area contributed by atoms with Crippen molar-refractivity contribution < 1.29 is 31.9 Å². The fourth-order valence-electron chi connectivity index (χ4n) is 3.99. The number of nitrogens with one attached hydrogen (secondary N) is 1. The molecule has 0 aliphatic carbocycles. The second kappa shape index (κ2) is 12.0. The lowest BCUT2D eigenvalue weighted by atomic mass is 9.98. The highest BCUT2D eigenvalue weighted by Crippen LogP contribution is 2.39. The lowest BCUT2D eigenvalue weighted by Crippen LogP contribution is -2.28. The fourth-order valence-corrected chi connectivity index (χ4v) is 4.24. The van der Waals surface area contributed by atoms with Crippen LogP contribution in [0.4, 0.5) is 18.9 Å². The molecule has 2 aromatic carbocycles. The summed E-state index contributed by atoms with van der Waals surface area (Å²) < 4.78 is 55.5. The number of H-pyrrole nitrogens is 1. The van der Waals surface area contributed by atoms with Crippen molar-refractivity contribution in [1.82, 2.24) is 15.2 Å². The fraction of sp³-hybridized carbons (Fsp3) is 0.185. The normalized spacial score (nSPS) is 11.0. The van der Waals surface area contributed by atoms with E-state index in [2.05, 4.69) is 15.2 Å². The molecular formula is C27H18ClF3N6O5. The van der Waals surface area contributed by atoms with E-state index in [4.69, 9.17) is 25.5 Å². The van der Waals surface area contributed by atoms with E-state index in [1.165, 1.54) is 38.4 Å². The largest absolute Gasteiger partial charge is 0.496 e. The number of halogens is 4. The molecule has 2 aromatic heterocycles. The third-order valence-electron chi connectivity index (χ3n) is 5.94. The van der Waals surface area contributed by atoms with Crippen LogP contribution in [0.2, 0.25) is 5.02 Å². The van der Waals surface area contributed by atoms with Gasteiger partial charge in [-0.1, -0.05) is 17.7 Å². The summed E-state index contributed by atoms with van der Waals surface area (Å²) in [6.45, 7) is -0.0238. The zero-order chi connectivity index (χ0) is 30.6. The van der Waals surface area contributed by atoms with Gasteiger partial charge < -0.3 is 18.8 Å². The first kappa shape index (κ1) is 29.6. The van der Waals surface area contributed by atoms with Gasteiger partial charge in [0.15, 0.2) is 0 Å². The van der Waals surface area contributed by atoms with Crippen LogP contribution in [0.3, 0.4) is 0 Å². The van der Waals surface area contributed by atoms with Crippen molar-refractivity contribution in [2.24, 2.45) is 0 Å². The molecule has 0 saturated heterocycles. The summed E-state index contributed by atoms with van der Waals surface area (Å²) >= 11 is 6.39. The van der Waals surface area contributed by atoms with Gasteiger partial charge >= 0.3 is 11.9 Å². The average molecular weight is 599 g/mol. The van der Waals surface area contributed by atoms with Crippen LogP contribution < -0.4 is 20.1 Å². The van der Waals surface area contributed by atoms with Crippen LogP contribution >= 0.6 is 11.6 Å². The Balaban J connectivity index is 1.74. The SMILES string of the molecule is COc1cc(Cl)c(-c2cnc(C(F)(F)F)cc2C#N)cc1C(=O)N(C)c1c(C#N)cccc1OCCc1n[nH]c(=O)o1. The summed E-state index contributed by atoms with van der Waals surface area (Å²) in [5.74, 6) is -1.17. The van der Waals surface area contributed by atoms with Crippen LogP contribution in [-0.2, 0) is 12.6 Å². The van der Waals surface area contributed by atoms with Crippen LogP contribution in [0.5, 0.6) is 11.5 Å². The molecule has 11 nitrogen and oxygen atoms in total. The van der Waals surface area contributed by atoms with E-state index in [1.807, 2.05) is 6.07 Å². The molecule has 2 heterocycles. The van der Waals surface area contributed by atoms with Gasteiger partial charge in [0.1, 0.15) is 28.9 Å². The van der Waals surface area contributed by atoms with Crippen LogP contribution in [0.25, 0.3) is 11.1 Å². The molecule has 0 aliphatic rings. The minimum atomic E-state index is -4.78. The van der Waals surface area contributed by atoms with Gasteiger partial charge in [-0.2, -0.15) is 23.7 Å². The Labute approximate surface area is 240 Å². The third-order valence-corrected chi connectivity index (χ3v) is 6.25. The number of pyridine rings is 1. The van der Waals surface area contributed by atoms with Crippen LogP contribution in [0, 0.1) is 22.7 Å². The number of nitrogens with zero attached hydrogens (tertiary/aromatic N) is 5. The van der Waals surface area contributed by atoms with Gasteiger partial charge in [-0.15, -0.1) is 5.10 Å². The quantitative estimate of drug-likeness (QED) is 0.302. The number of aromatic nitrogens is 3. The maximum absolute atomic E-state index is 13.8. The molecular weight excluding hydrogens is 581 g/mol. The topological polar surface area (TPSA) is 158 Å². The summed E-state index contributed by atoms with van der Waals surface area (Å²) in [5, 5.41) is 25.1. The molecule has 15 heteroatoms. The Morgan fingerprint density at radius 1 is 1.14 bits per heavy atom. The molecule has 0 unspecified atom stereocenters. The number of hydrogen-bond acceptors (Lipinski definition) is 9. The zero-order valence-electron chi connectivity index (χ0n) is 21.7. The van der Waals surface area contributed by atoms with E-state index in [-0.39, 0.29) is 68.9 Å². The van der Waals surface area contributed by atoms with E-state index in [0.717, 1.165) is 11.1 Å². The van der Waals surface area contributed by atoms with Crippen molar-refractivity contribution in [2.75, 3.05) is 25.7 Å². The highest BCUT2D eigenvalue weighted by atomic mass is 35.5. The number of methoxy groups -OCH3 is 1. The number of rotatable bonds is 8. The van der Waals surface area contributed by atoms with E-state index < -0.39 is 23.5 Å². The number of ether oxygens (including phenoxy) is 2. The molecule has 214 valence electrons. The molecule has 0 atom stereocenters. The van der Waals surface area contributed by atoms with Crippen molar-refractivity contribution in [3.63, 3.8) is 0 Å². The molecule has 0 fully saturated rings. The molecule has 1 N–H and O–H groups in total. The Morgan fingerprint density at radius 3 is 2.50 bits per heavy atom. The van der Waals surface area contributed by atoms with Crippen LogP contribution in [-0.4, -0.2) is 41.9 Å². The predicted octanol–water partition coefficient (Wildman–Crippen LogP) is 4.75. The second-order valence-corrected chi connectivity index (χ2v) is 8.90. The zero-order valence-corrected chi connectivity index (χ0v) is 22.5. The standard InChI is InChI=1S/C27H18ClF3N6O5/c1-37(24-14(11-32)4-3-5-20(24)41-7-6-23-35-36-26(39)42-23)25(38)17-9-16(19(28)10-21(17)40-2)18-13-34-22(27(29,30)31)8-15(18)12-33/h3-5,8-10,13H,6-7H2,1-2H3,(H,36,39). The number of aromatic amines is 1. The number of carbonyl (C=O) groups is 1. The molecule has 4 rings (SSSR count). The number of amides is 1. The van der Waals surface area contributed by atoms with Crippen LogP contribution in [0.1, 0.15) is 33.1 Å². The van der Waals surface area contributed by atoms with E-state index in [1.54, 1.807) is 12.1 Å². The maximum atomic E-state index is 13.8. The molecule has 0 aliphatic heterocycles. The molecule has 0 spiro atoms. The first-order chi connectivity index (χ1) is 20.0. The molecule has 4 aromatic rings. The number of para-hydroxylation sites is 1. The summed E-state index contributed by atoms with van der Waals surface area (Å²) in [4.78, 5) is 29.5. The summed E-state index contributed by atoms with van der Waals surface area (Å²) in [7, 11) is 2.67. The summed E-state index contributed by atoms with van der Waals surface area (Å²) in [5.41, 5.74) is -1.52. The summed E-state index contributed by atoms with van der Waals surface area (Å²) in [6, 6.07) is 11.4. The van der Waals surface area contributed by atoms with Crippen molar-refractivity contribution in [3.05, 3.63) is 86.4 Å². The number of anilines is 1. The smallest absolute Gasteiger partial charge is 0.434 e. The van der Waals surface area contributed by atoms with E-state index in [0.29, 0.717) is 6.07 Å². The molecule has 0 radical (unpaired) electrons.